The molecule has 0 radical (unpaired) electrons. The fourth-order valence-electron chi connectivity index (χ4n) is 3.02. The van der Waals surface area contributed by atoms with E-state index in [0.717, 1.165) is 43.3 Å². The van der Waals surface area contributed by atoms with Crippen LogP contribution in [0.4, 0.5) is 4.39 Å². The van der Waals surface area contributed by atoms with Gasteiger partial charge in [-0.1, -0.05) is 13.8 Å². The van der Waals surface area contributed by atoms with Gasteiger partial charge in [-0.15, -0.1) is 0 Å². The Kier molecular flexibility index (Phi) is 3.70. The van der Waals surface area contributed by atoms with Crippen molar-refractivity contribution in [1.29, 1.82) is 0 Å². The SMILES string of the molecule is CC(C)CNCc1c2c(nc3ccc(F)cc13)CCC2. The number of fused-ring (bicyclic) bond motifs is 2. The van der Waals surface area contributed by atoms with Crippen LogP contribution in [0, 0.1) is 11.7 Å². The highest BCUT2D eigenvalue weighted by Gasteiger charge is 2.19. The summed E-state index contributed by atoms with van der Waals surface area (Å²) in [6.45, 7) is 6.18. The summed E-state index contributed by atoms with van der Waals surface area (Å²) >= 11 is 0. The van der Waals surface area contributed by atoms with Gasteiger partial charge in [-0.2, -0.15) is 0 Å². The van der Waals surface area contributed by atoms with Crippen LogP contribution in [0.2, 0.25) is 0 Å². The zero-order chi connectivity index (χ0) is 14.1. The molecule has 1 heterocycles. The average molecular weight is 272 g/mol. The molecule has 3 heteroatoms. The number of hydrogen-bond acceptors (Lipinski definition) is 2. The fourth-order valence-corrected chi connectivity index (χ4v) is 3.02. The van der Waals surface area contributed by atoms with Gasteiger partial charge in [-0.3, -0.25) is 4.98 Å². The molecule has 0 saturated heterocycles. The van der Waals surface area contributed by atoms with E-state index in [1.54, 1.807) is 12.1 Å². The van der Waals surface area contributed by atoms with Gasteiger partial charge in [-0.25, -0.2) is 4.39 Å². The predicted molar refractivity (Wildman–Crippen MR) is 80.3 cm³/mol. The minimum Gasteiger partial charge on any atom is -0.312 e. The first-order chi connectivity index (χ1) is 9.65. The lowest BCUT2D eigenvalue weighted by molar-refractivity contribution is 0.552. The number of nitrogens with zero attached hydrogens (tertiary/aromatic N) is 1. The Bertz CT molecular complexity index is 634. The molecular formula is C17H21FN2. The van der Waals surface area contributed by atoms with Crippen LogP contribution in [0.25, 0.3) is 10.9 Å². The van der Waals surface area contributed by atoms with Gasteiger partial charge in [0.15, 0.2) is 0 Å². The first-order valence-electron chi connectivity index (χ1n) is 7.45. The highest BCUT2D eigenvalue weighted by atomic mass is 19.1. The first kappa shape index (κ1) is 13.5. The first-order valence-corrected chi connectivity index (χ1v) is 7.45. The maximum absolute atomic E-state index is 13.6. The standard InChI is InChI=1S/C17H21FN2/c1-11(2)9-19-10-15-13-4-3-5-16(13)20-17-7-6-12(18)8-14(15)17/h6-8,11,19H,3-5,9-10H2,1-2H3. The summed E-state index contributed by atoms with van der Waals surface area (Å²) in [6.07, 6.45) is 3.30. The zero-order valence-electron chi connectivity index (χ0n) is 12.2. The van der Waals surface area contributed by atoms with Gasteiger partial charge >= 0.3 is 0 Å². The Hall–Kier alpha value is -1.48. The van der Waals surface area contributed by atoms with Crippen molar-refractivity contribution in [2.75, 3.05) is 6.54 Å². The number of halogens is 1. The van der Waals surface area contributed by atoms with Gasteiger partial charge in [0.1, 0.15) is 5.82 Å². The molecule has 1 aliphatic carbocycles. The number of pyridine rings is 1. The van der Waals surface area contributed by atoms with Crippen LogP contribution in [0.1, 0.15) is 37.1 Å². The van der Waals surface area contributed by atoms with Crippen LogP contribution in [-0.2, 0) is 19.4 Å². The third-order valence-electron chi connectivity index (χ3n) is 3.95. The lowest BCUT2D eigenvalue weighted by Crippen LogP contribution is -2.20. The summed E-state index contributed by atoms with van der Waals surface area (Å²) in [7, 11) is 0. The van der Waals surface area contributed by atoms with E-state index >= 15 is 0 Å². The lowest BCUT2D eigenvalue weighted by Gasteiger charge is -2.14. The highest BCUT2D eigenvalue weighted by molar-refractivity contribution is 5.84. The Labute approximate surface area is 119 Å². The quantitative estimate of drug-likeness (QED) is 0.919. The second-order valence-corrected chi connectivity index (χ2v) is 6.06. The van der Waals surface area contributed by atoms with E-state index in [4.69, 9.17) is 4.98 Å². The summed E-state index contributed by atoms with van der Waals surface area (Å²) in [4.78, 5) is 4.71. The van der Waals surface area contributed by atoms with Crippen molar-refractivity contribution in [2.45, 2.75) is 39.7 Å². The van der Waals surface area contributed by atoms with Gasteiger partial charge in [0.25, 0.3) is 0 Å². The topological polar surface area (TPSA) is 24.9 Å². The summed E-state index contributed by atoms with van der Waals surface area (Å²) < 4.78 is 13.6. The van der Waals surface area contributed by atoms with Crippen LogP contribution < -0.4 is 5.32 Å². The highest BCUT2D eigenvalue weighted by Crippen LogP contribution is 2.30. The number of rotatable bonds is 4. The molecular weight excluding hydrogens is 251 g/mol. The van der Waals surface area contributed by atoms with Crippen molar-refractivity contribution < 1.29 is 4.39 Å². The molecule has 2 nitrogen and oxygen atoms in total. The molecule has 0 saturated carbocycles. The molecule has 1 aliphatic rings. The maximum Gasteiger partial charge on any atom is 0.123 e. The van der Waals surface area contributed by atoms with Gasteiger partial charge in [-0.05, 0) is 61.1 Å². The van der Waals surface area contributed by atoms with Crippen molar-refractivity contribution in [3.05, 3.63) is 40.8 Å². The molecule has 1 aromatic carbocycles. The van der Waals surface area contributed by atoms with Crippen molar-refractivity contribution in [2.24, 2.45) is 5.92 Å². The van der Waals surface area contributed by atoms with E-state index in [-0.39, 0.29) is 5.82 Å². The largest absolute Gasteiger partial charge is 0.312 e. The molecule has 0 atom stereocenters. The van der Waals surface area contributed by atoms with E-state index in [1.165, 1.54) is 22.9 Å². The zero-order valence-corrected chi connectivity index (χ0v) is 12.2. The molecule has 0 unspecified atom stereocenters. The molecule has 0 bridgehead atoms. The molecule has 1 aromatic heterocycles. The molecule has 2 aromatic rings. The van der Waals surface area contributed by atoms with Crippen LogP contribution in [-0.4, -0.2) is 11.5 Å². The third kappa shape index (κ3) is 2.55. The van der Waals surface area contributed by atoms with Crippen molar-refractivity contribution in [3.63, 3.8) is 0 Å². The van der Waals surface area contributed by atoms with Gasteiger partial charge < -0.3 is 5.32 Å². The van der Waals surface area contributed by atoms with Crippen LogP contribution in [0.3, 0.4) is 0 Å². The number of hydrogen-bond donors (Lipinski definition) is 1. The maximum atomic E-state index is 13.6. The van der Waals surface area contributed by atoms with Crippen LogP contribution in [0.5, 0.6) is 0 Å². The number of benzene rings is 1. The van der Waals surface area contributed by atoms with Gasteiger partial charge in [0, 0.05) is 17.6 Å². The van der Waals surface area contributed by atoms with Crippen molar-refractivity contribution in [1.82, 2.24) is 10.3 Å². The third-order valence-corrected chi connectivity index (χ3v) is 3.95. The molecule has 0 fully saturated rings. The summed E-state index contributed by atoms with van der Waals surface area (Å²) in [5, 5.41) is 4.47. The second kappa shape index (κ2) is 5.49. The average Bonchev–Trinajstić information content (AvgIpc) is 2.86. The van der Waals surface area contributed by atoms with E-state index in [0.29, 0.717) is 5.92 Å². The van der Waals surface area contributed by atoms with Gasteiger partial charge in [0.05, 0.1) is 5.52 Å². The molecule has 20 heavy (non-hydrogen) atoms. The molecule has 0 amide bonds. The normalized spacial score (nSPS) is 14.2. The minimum absolute atomic E-state index is 0.178. The lowest BCUT2D eigenvalue weighted by atomic mass is 10.0. The number of aryl methyl sites for hydroxylation is 1. The van der Waals surface area contributed by atoms with Gasteiger partial charge in [0.2, 0.25) is 0 Å². The van der Waals surface area contributed by atoms with E-state index in [2.05, 4.69) is 19.2 Å². The number of nitrogens with one attached hydrogen (secondary N) is 1. The Morgan fingerprint density at radius 3 is 2.95 bits per heavy atom. The van der Waals surface area contributed by atoms with Crippen molar-refractivity contribution >= 4 is 10.9 Å². The molecule has 1 N–H and O–H groups in total. The number of aromatic nitrogens is 1. The fraction of sp³-hybridized carbons (Fsp3) is 0.471. The van der Waals surface area contributed by atoms with E-state index < -0.39 is 0 Å². The van der Waals surface area contributed by atoms with E-state index in [9.17, 15) is 4.39 Å². The predicted octanol–water partition coefficient (Wildman–Crippen LogP) is 3.61. The van der Waals surface area contributed by atoms with Crippen molar-refractivity contribution in [3.8, 4) is 0 Å². The monoisotopic (exact) mass is 272 g/mol. The molecule has 106 valence electrons. The Morgan fingerprint density at radius 1 is 1.30 bits per heavy atom. The summed E-state index contributed by atoms with van der Waals surface area (Å²) in [5.74, 6) is 0.440. The van der Waals surface area contributed by atoms with Crippen LogP contribution >= 0.6 is 0 Å². The second-order valence-electron chi connectivity index (χ2n) is 6.06. The Balaban J connectivity index is 2.04. The molecule has 0 aliphatic heterocycles. The summed E-state index contributed by atoms with van der Waals surface area (Å²) in [6, 6.07) is 4.94. The van der Waals surface area contributed by atoms with Crippen LogP contribution in [0.15, 0.2) is 18.2 Å². The van der Waals surface area contributed by atoms with E-state index in [1.807, 2.05) is 0 Å². The molecule has 0 spiro atoms. The smallest absolute Gasteiger partial charge is 0.123 e. The Morgan fingerprint density at radius 2 is 2.15 bits per heavy atom. The molecule has 3 rings (SSSR count). The minimum atomic E-state index is -0.178. The summed E-state index contributed by atoms with van der Waals surface area (Å²) in [5.41, 5.74) is 4.74.